The summed E-state index contributed by atoms with van der Waals surface area (Å²) < 4.78 is 0. The van der Waals surface area contributed by atoms with Crippen molar-refractivity contribution in [2.75, 3.05) is 18.0 Å². The Kier molecular flexibility index (Phi) is 2.79. The van der Waals surface area contributed by atoms with Crippen LogP contribution in [-0.4, -0.2) is 34.2 Å². The second-order valence-corrected chi connectivity index (χ2v) is 4.65. The predicted molar refractivity (Wildman–Crippen MR) is 71.2 cm³/mol. The highest BCUT2D eigenvalue weighted by molar-refractivity contribution is 5.96. The SMILES string of the molecule is O=[N+]([O-])c1cnc2ccccc2c1N1CC[C@H](O)C1. The fourth-order valence-corrected chi connectivity index (χ4v) is 2.53. The second kappa shape index (κ2) is 4.47. The van der Waals surface area contributed by atoms with E-state index in [2.05, 4.69) is 4.98 Å². The van der Waals surface area contributed by atoms with Crippen molar-refractivity contribution in [2.24, 2.45) is 0 Å². The number of β-amino-alcohol motifs (C(OH)–C–C–N with tert-alkyl or cyclic N) is 1. The maximum absolute atomic E-state index is 11.2. The third-order valence-electron chi connectivity index (χ3n) is 3.40. The van der Waals surface area contributed by atoms with Gasteiger partial charge in [-0.05, 0) is 12.5 Å². The number of hydrogen-bond donors (Lipinski definition) is 1. The van der Waals surface area contributed by atoms with Crippen molar-refractivity contribution in [3.8, 4) is 0 Å². The van der Waals surface area contributed by atoms with Crippen LogP contribution in [0.1, 0.15) is 6.42 Å². The molecule has 1 fully saturated rings. The molecule has 6 nitrogen and oxygen atoms in total. The molecular formula is C13H13N3O3. The molecule has 1 atom stereocenters. The first kappa shape index (κ1) is 11.9. The lowest BCUT2D eigenvalue weighted by molar-refractivity contribution is -0.384. The minimum atomic E-state index is -0.425. The van der Waals surface area contributed by atoms with Crippen LogP contribution in [0.4, 0.5) is 11.4 Å². The average Bonchev–Trinajstić information content (AvgIpc) is 2.83. The molecule has 1 saturated heterocycles. The van der Waals surface area contributed by atoms with Crippen LogP contribution in [0.25, 0.3) is 10.9 Å². The molecule has 0 amide bonds. The number of aliphatic hydroxyl groups is 1. The van der Waals surface area contributed by atoms with Crippen LogP contribution in [0, 0.1) is 10.1 Å². The van der Waals surface area contributed by atoms with Gasteiger partial charge in [-0.25, -0.2) is 4.98 Å². The van der Waals surface area contributed by atoms with Crippen LogP contribution in [-0.2, 0) is 0 Å². The molecule has 0 saturated carbocycles. The zero-order valence-corrected chi connectivity index (χ0v) is 10.2. The second-order valence-electron chi connectivity index (χ2n) is 4.65. The molecule has 6 heteroatoms. The van der Waals surface area contributed by atoms with Crippen molar-refractivity contribution < 1.29 is 10.0 Å². The lowest BCUT2D eigenvalue weighted by atomic mass is 10.1. The molecule has 1 aromatic carbocycles. The largest absolute Gasteiger partial charge is 0.391 e. The zero-order chi connectivity index (χ0) is 13.4. The van der Waals surface area contributed by atoms with E-state index in [0.717, 1.165) is 10.9 Å². The topological polar surface area (TPSA) is 79.5 Å². The molecule has 1 aromatic heterocycles. The highest BCUT2D eigenvalue weighted by Crippen LogP contribution is 2.36. The van der Waals surface area contributed by atoms with E-state index in [4.69, 9.17) is 0 Å². The molecule has 1 aliphatic heterocycles. The molecule has 98 valence electrons. The molecule has 2 aromatic rings. The quantitative estimate of drug-likeness (QED) is 0.656. The van der Waals surface area contributed by atoms with Gasteiger partial charge >= 0.3 is 5.69 Å². The number of aromatic nitrogens is 1. The third-order valence-corrected chi connectivity index (χ3v) is 3.40. The monoisotopic (exact) mass is 259 g/mol. The number of aliphatic hydroxyl groups excluding tert-OH is 1. The maximum Gasteiger partial charge on any atom is 0.311 e. The Morgan fingerprint density at radius 2 is 2.21 bits per heavy atom. The van der Waals surface area contributed by atoms with Gasteiger partial charge in [-0.2, -0.15) is 0 Å². The fourth-order valence-electron chi connectivity index (χ4n) is 2.53. The van der Waals surface area contributed by atoms with Gasteiger partial charge in [0.2, 0.25) is 0 Å². The van der Waals surface area contributed by atoms with Crippen molar-refractivity contribution in [1.29, 1.82) is 0 Å². The maximum atomic E-state index is 11.2. The Bertz CT molecular complexity index is 644. The molecule has 1 N–H and O–H groups in total. The van der Waals surface area contributed by atoms with Gasteiger partial charge in [0.05, 0.1) is 16.5 Å². The average molecular weight is 259 g/mol. The van der Waals surface area contributed by atoms with E-state index in [9.17, 15) is 15.2 Å². The number of anilines is 1. The molecular weight excluding hydrogens is 246 g/mol. The Labute approximate surface area is 109 Å². The van der Waals surface area contributed by atoms with Crippen LogP contribution in [0.2, 0.25) is 0 Å². The van der Waals surface area contributed by atoms with Gasteiger partial charge in [-0.1, -0.05) is 18.2 Å². The van der Waals surface area contributed by atoms with Crippen LogP contribution in [0.3, 0.4) is 0 Å². The number of rotatable bonds is 2. The van der Waals surface area contributed by atoms with E-state index < -0.39 is 11.0 Å². The first-order chi connectivity index (χ1) is 9.16. The molecule has 0 spiro atoms. The number of para-hydroxylation sites is 1. The molecule has 0 radical (unpaired) electrons. The van der Waals surface area contributed by atoms with Crippen molar-refractivity contribution in [3.63, 3.8) is 0 Å². The molecule has 19 heavy (non-hydrogen) atoms. The van der Waals surface area contributed by atoms with Crippen molar-refractivity contribution in [1.82, 2.24) is 4.98 Å². The number of nitrogens with zero attached hydrogens (tertiary/aromatic N) is 3. The smallest absolute Gasteiger partial charge is 0.311 e. The van der Waals surface area contributed by atoms with Gasteiger partial charge in [-0.15, -0.1) is 0 Å². The lowest BCUT2D eigenvalue weighted by Gasteiger charge is -2.19. The van der Waals surface area contributed by atoms with Gasteiger partial charge in [-0.3, -0.25) is 10.1 Å². The molecule has 0 aliphatic carbocycles. The van der Waals surface area contributed by atoms with E-state index in [0.29, 0.717) is 25.2 Å². The van der Waals surface area contributed by atoms with E-state index in [1.54, 1.807) is 0 Å². The van der Waals surface area contributed by atoms with Crippen LogP contribution < -0.4 is 4.90 Å². The summed E-state index contributed by atoms with van der Waals surface area (Å²) in [5.41, 5.74) is 1.28. The van der Waals surface area contributed by atoms with Crippen molar-refractivity contribution in [3.05, 3.63) is 40.6 Å². The number of benzene rings is 1. The van der Waals surface area contributed by atoms with Gasteiger partial charge in [0.15, 0.2) is 0 Å². The summed E-state index contributed by atoms with van der Waals surface area (Å²) >= 11 is 0. The fraction of sp³-hybridized carbons (Fsp3) is 0.308. The van der Waals surface area contributed by atoms with Gasteiger partial charge in [0.1, 0.15) is 11.9 Å². The molecule has 2 heterocycles. The van der Waals surface area contributed by atoms with Crippen LogP contribution in [0.15, 0.2) is 30.5 Å². The molecule has 0 bridgehead atoms. The molecule has 0 unspecified atom stereocenters. The standard InChI is InChI=1S/C13H13N3O3/c17-9-5-6-15(8-9)13-10-3-1-2-4-11(10)14-7-12(13)16(18)19/h1-4,7,9,17H,5-6,8H2/t9-/m0/s1. The minimum Gasteiger partial charge on any atom is -0.391 e. The summed E-state index contributed by atoms with van der Waals surface area (Å²) in [6, 6.07) is 7.35. The molecule has 1 aliphatic rings. The number of pyridine rings is 1. The Morgan fingerprint density at radius 3 is 2.89 bits per heavy atom. The summed E-state index contributed by atoms with van der Waals surface area (Å²) in [6.45, 7) is 1.05. The van der Waals surface area contributed by atoms with E-state index in [1.807, 2.05) is 29.2 Å². The first-order valence-corrected chi connectivity index (χ1v) is 6.12. The Morgan fingerprint density at radius 1 is 1.42 bits per heavy atom. The predicted octanol–water partition coefficient (Wildman–Crippen LogP) is 1.71. The van der Waals surface area contributed by atoms with Gasteiger partial charge < -0.3 is 10.0 Å². The summed E-state index contributed by atoms with van der Waals surface area (Å²) in [6.07, 6.45) is 1.50. The minimum absolute atomic E-state index is 0.00667. The van der Waals surface area contributed by atoms with E-state index >= 15 is 0 Å². The number of hydrogen-bond acceptors (Lipinski definition) is 5. The van der Waals surface area contributed by atoms with Gasteiger partial charge in [0.25, 0.3) is 0 Å². The molecule has 3 rings (SSSR count). The lowest BCUT2D eigenvalue weighted by Crippen LogP contribution is -2.22. The van der Waals surface area contributed by atoms with Crippen LogP contribution >= 0.6 is 0 Å². The highest BCUT2D eigenvalue weighted by Gasteiger charge is 2.28. The summed E-state index contributed by atoms with van der Waals surface area (Å²) in [4.78, 5) is 16.8. The number of fused-ring (bicyclic) bond motifs is 1. The van der Waals surface area contributed by atoms with Crippen molar-refractivity contribution in [2.45, 2.75) is 12.5 Å². The highest BCUT2D eigenvalue weighted by atomic mass is 16.6. The Balaban J connectivity index is 2.23. The number of nitro groups is 1. The zero-order valence-electron chi connectivity index (χ0n) is 10.2. The third kappa shape index (κ3) is 2.00. The Hall–Kier alpha value is -2.21. The first-order valence-electron chi connectivity index (χ1n) is 6.12. The van der Waals surface area contributed by atoms with Crippen molar-refractivity contribution >= 4 is 22.3 Å². The van der Waals surface area contributed by atoms with E-state index in [1.165, 1.54) is 6.20 Å². The van der Waals surface area contributed by atoms with Gasteiger partial charge in [0, 0.05) is 18.5 Å². The normalized spacial score (nSPS) is 19.0. The summed E-state index contributed by atoms with van der Waals surface area (Å²) in [7, 11) is 0. The van der Waals surface area contributed by atoms with E-state index in [-0.39, 0.29) is 5.69 Å². The summed E-state index contributed by atoms with van der Waals surface area (Å²) in [5, 5.41) is 21.6. The summed E-state index contributed by atoms with van der Waals surface area (Å²) in [5.74, 6) is 0. The van der Waals surface area contributed by atoms with Crippen LogP contribution in [0.5, 0.6) is 0 Å².